The molecule has 8 heteroatoms. The van der Waals surface area contributed by atoms with Gasteiger partial charge in [-0.2, -0.15) is 0 Å². The average Bonchev–Trinajstić information content (AvgIpc) is 2.72. The Bertz CT molecular complexity index is 843. The molecule has 2 aliphatic rings. The van der Waals surface area contributed by atoms with Crippen molar-refractivity contribution in [3.05, 3.63) is 23.8 Å². The Kier molecular flexibility index (Phi) is 7.16. The molecule has 0 unspecified atom stereocenters. The van der Waals surface area contributed by atoms with Crippen LogP contribution in [0.3, 0.4) is 0 Å². The number of piperidine rings is 1. The number of rotatable bonds is 8. The van der Waals surface area contributed by atoms with E-state index in [1.54, 1.807) is 23.1 Å². The third kappa shape index (κ3) is 5.72. The monoisotopic (exact) mass is 423 g/mol. The largest absolute Gasteiger partial charge is 0.486 e. The zero-order chi connectivity index (χ0) is 20.9. The Morgan fingerprint density at radius 3 is 2.45 bits per heavy atom. The van der Waals surface area contributed by atoms with Crippen molar-refractivity contribution in [1.29, 1.82) is 0 Å². The summed E-state index contributed by atoms with van der Waals surface area (Å²) in [6.45, 7) is 3.79. The molecule has 1 amide bonds. The van der Waals surface area contributed by atoms with E-state index in [0.29, 0.717) is 62.6 Å². The molecule has 0 saturated carbocycles. The predicted molar refractivity (Wildman–Crippen MR) is 109 cm³/mol. The molecular weight excluding hydrogens is 394 g/mol. The standard InChI is InChI=1S/C21H29NO6S/c1-2-3-4-13-29(25,26)15-20(23)22-9-7-16(8-10-22)21(24)17-5-6-18-19(14-17)28-12-11-27-18/h5-6,14,16H,2-4,7-13,15H2,1H3. The molecule has 0 radical (unpaired) electrons. The second-order valence-corrected chi connectivity index (χ2v) is 9.86. The third-order valence-corrected chi connectivity index (χ3v) is 7.04. The number of nitrogens with zero attached hydrogens (tertiary/aromatic N) is 1. The molecule has 0 aromatic heterocycles. The number of unbranched alkanes of at least 4 members (excludes halogenated alkanes) is 2. The van der Waals surface area contributed by atoms with Gasteiger partial charge >= 0.3 is 0 Å². The molecular formula is C21H29NO6S. The van der Waals surface area contributed by atoms with E-state index in [1.807, 2.05) is 6.92 Å². The molecule has 2 aliphatic heterocycles. The van der Waals surface area contributed by atoms with Crippen LogP contribution in [0.1, 0.15) is 49.4 Å². The Labute approximate surface area is 172 Å². The minimum Gasteiger partial charge on any atom is -0.486 e. The highest BCUT2D eigenvalue weighted by Gasteiger charge is 2.30. The van der Waals surface area contributed by atoms with Gasteiger partial charge in [-0.3, -0.25) is 9.59 Å². The summed E-state index contributed by atoms with van der Waals surface area (Å²) in [5, 5.41) is 0. The molecule has 1 aromatic rings. The Morgan fingerprint density at radius 2 is 1.76 bits per heavy atom. The van der Waals surface area contributed by atoms with E-state index in [-0.39, 0.29) is 23.4 Å². The van der Waals surface area contributed by atoms with Crippen molar-refractivity contribution in [3.63, 3.8) is 0 Å². The van der Waals surface area contributed by atoms with E-state index in [2.05, 4.69) is 0 Å². The minimum atomic E-state index is -3.37. The lowest BCUT2D eigenvalue weighted by Gasteiger charge is -2.31. The number of Topliss-reactive ketones (excluding diaryl/α,β-unsaturated/α-hetero) is 1. The highest BCUT2D eigenvalue weighted by atomic mass is 32.2. The van der Waals surface area contributed by atoms with Crippen LogP contribution in [0.2, 0.25) is 0 Å². The fourth-order valence-electron chi connectivity index (χ4n) is 3.75. The fraction of sp³-hybridized carbons (Fsp3) is 0.619. The van der Waals surface area contributed by atoms with E-state index < -0.39 is 15.6 Å². The number of fused-ring (bicyclic) bond motifs is 1. The van der Waals surface area contributed by atoms with Gasteiger partial charge in [0, 0.05) is 24.6 Å². The van der Waals surface area contributed by atoms with Crippen LogP contribution >= 0.6 is 0 Å². The summed E-state index contributed by atoms with van der Waals surface area (Å²) < 4.78 is 35.2. The smallest absolute Gasteiger partial charge is 0.237 e. The predicted octanol–water partition coefficient (Wildman–Crippen LogP) is 2.48. The molecule has 2 heterocycles. The van der Waals surface area contributed by atoms with Gasteiger partial charge in [0.05, 0.1) is 5.75 Å². The van der Waals surface area contributed by atoms with E-state index in [9.17, 15) is 18.0 Å². The zero-order valence-electron chi connectivity index (χ0n) is 16.9. The molecule has 3 rings (SSSR count). The van der Waals surface area contributed by atoms with Crippen molar-refractivity contribution in [2.45, 2.75) is 39.0 Å². The van der Waals surface area contributed by atoms with Gasteiger partial charge in [-0.25, -0.2) is 8.42 Å². The van der Waals surface area contributed by atoms with Gasteiger partial charge in [-0.05, 0) is 37.5 Å². The van der Waals surface area contributed by atoms with Gasteiger partial charge < -0.3 is 14.4 Å². The Morgan fingerprint density at radius 1 is 1.07 bits per heavy atom. The lowest BCUT2D eigenvalue weighted by molar-refractivity contribution is -0.129. The van der Waals surface area contributed by atoms with Crippen LogP contribution in [-0.2, 0) is 14.6 Å². The van der Waals surface area contributed by atoms with Crippen molar-refractivity contribution in [2.75, 3.05) is 37.8 Å². The number of hydrogen-bond acceptors (Lipinski definition) is 6. The van der Waals surface area contributed by atoms with E-state index >= 15 is 0 Å². The van der Waals surface area contributed by atoms with Crippen LogP contribution in [0.25, 0.3) is 0 Å². The first-order valence-corrected chi connectivity index (χ1v) is 12.1. The summed E-state index contributed by atoms with van der Waals surface area (Å²) in [5.74, 6) is 0.357. The molecule has 7 nitrogen and oxygen atoms in total. The summed E-state index contributed by atoms with van der Waals surface area (Å²) in [6, 6.07) is 5.22. The number of carbonyl (C=O) groups excluding carboxylic acids is 2. The van der Waals surface area contributed by atoms with Crippen LogP contribution in [0.15, 0.2) is 18.2 Å². The molecule has 160 valence electrons. The van der Waals surface area contributed by atoms with Crippen LogP contribution in [0.5, 0.6) is 11.5 Å². The highest BCUT2D eigenvalue weighted by molar-refractivity contribution is 7.92. The summed E-state index contributed by atoms with van der Waals surface area (Å²) in [4.78, 5) is 26.8. The summed E-state index contributed by atoms with van der Waals surface area (Å²) in [5.41, 5.74) is 0.581. The third-order valence-electron chi connectivity index (χ3n) is 5.45. The minimum absolute atomic E-state index is 0.0289. The summed E-state index contributed by atoms with van der Waals surface area (Å²) in [7, 11) is -3.37. The molecule has 0 N–H and O–H groups in total. The number of sulfone groups is 1. The first-order chi connectivity index (χ1) is 13.9. The van der Waals surface area contributed by atoms with Crippen molar-refractivity contribution in [1.82, 2.24) is 4.90 Å². The fourth-order valence-corrected chi connectivity index (χ4v) is 5.09. The van der Waals surface area contributed by atoms with E-state index in [4.69, 9.17) is 9.47 Å². The maximum absolute atomic E-state index is 12.8. The first-order valence-electron chi connectivity index (χ1n) is 10.3. The second-order valence-electron chi connectivity index (χ2n) is 7.68. The molecule has 1 fully saturated rings. The summed E-state index contributed by atoms with van der Waals surface area (Å²) in [6.07, 6.45) is 3.46. The van der Waals surface area contributed by atoms with Crippen molar-refractivity contribution in [2.24, 2.45) is 5.92 Å². The van der Waals surface area contributed by atoms with Gasteiger partial charge in [-0.15, -0.1) is 0 Å². The van der Waals surface area contributed by atoms with Crippen LogP contribution < -0.4 is 9.47 Å². The number of amides is 1. The van der Waals surface area contributed by atoms with Gasteiger partial charge in [0.15, 0.2) is 27.1 Å². The van der Waals surface area contributed by atoms with Gasteiger partial charge in [0.1, 0.15) is 19.0 Å². The normalized spacial score (nSPS) is 17.2. The van der Waals surface area contributed by atoms with Crippen LogP contribution in [0, 0.1) is 5.92 Å². The molecule has 29 heavy (non-hydrogen) atoms. The number of ketones is 1. The lowest BCUT2D eigenvalue weighted by atomic mass is 9.88. The lowest BCUT2D eigenvalue weighted by Crippen LogP contribution is -2.43. The number of ether oxygens (including phenoxy) is 2. The zero-order valence-corrected chi connectivity index (χ0v) is 17.7. The number of benzene rings is 1. The summed E-state index contributed by atoms with van der Waals surface area (Å²) >= 11 is 0. The maximum Gasteiger partial charge on any atom is 0.237 e. The average molecular weight is 424 g/mol. The van der Waals surface area contributed by atoms with Crippen molar-refractivity contribution < 1.29 is 27.5 Å². The van der Waals surface area contributed by atoms with E-state index in [0.717, 1.165) is 12.8 Å². The quantitative estimate of drug-likeness (QED) is 0.471. The Hall–Kier alpha value is -2.09. The molecule has 1 saturated heterocycles. The SMILES string of the molecule is CCCCCS(=O)(=O)CC(=O)N1CCC(C(=O)c2ccc3c(c2)OCCO3)CC1. The molecule has 0 spiro atoms. The number of carbonyl (C=O) groups is 2. The van der Waals surface area contributed by atoms with Crippen molar-refractivity contribution >= 4 is 21.5 Å². The molecule has 0 aliphatic carbocycles. The highest BCUT2D eigenvalue weighted by Crippen LogP contribution is 2.32. The van der Waals surface area contributed by atoms with Gasteiger partial charge in [0.2, 0.25) is 5.91 Å². The number of hydrogen-bond donors (Lipinski definition) is 0. The molecule has 0 bridgehead atoms. The van der Waals surface area contributed by atoms with Gasteiger partial charge in [-0.1, -0.05) is 19.8 Å². The maximum atomic E-state index is 12.8. The van der Waals surface area contributed by atoms with Crippen LogP contribution in [0.4, 0.5) is 0 Å². The topological polar surface area (TPSA) is 90.0 Å². The van der Waals surface area contributed by atoms with E-state index in [1.165, 1.54) is 0 Å². The van der Waals surface area contributed by atoms with Crippen molar-refractivity contribution in [3.8, 4) is 11.5 Å². The first kappa shape index (κ1) is 21.6. The second kappa shape index (κ2) is 9.61. The molecule has 0 atom stereocenters. The Balaban J connectivity index is 1.52. The number of likely N-dealkylation sites (tertiary alicyclic amines) is 1. The van der Waals surface area contributed by atoms with Gasteiger partial charge in [0.25, 0.3) is 0 Å². The van der Waals surface area contributed by atoms with Crippen LogP contribution in [-0.4, -0.2) is 62.8 Å². The molecule has 1 aromatic carbocycles.